The lowest BCUT2D eigenvalue weighted by molar-refractivity contribution is -0.138. The van der Waals surface area contributed by atoms with E-state index >= 15 is 0 Å². The van der Waals surface area contributed by atoms with E-state index in [0.717, 1.165) is 30.6 Å². The third-order valence-electron chi connectivity index (χ3n) is 4.16. The Morgan fingerprint density at radius 2 is 1.63 bits per heavy atom. The molecule has 6 nitrogen and oxygen atoms in total. The van der Waals surface area contributed by atoms with Crippen molar-refractivity contribution in [3.05, 3.63) is 53.6 Å². The van der Waals surface area contributed by atoms with Crippen LogP contribution in [0.5, 0.6) is 11.5 Å². The summed E-state index contributed by atoms with van der Waals surface area (Å²) in [6.45, 7) is 0. The number of hydrogen-bond donors (Lipinski definition) is 2. The van der Waals surface area contributed by atoms with Gasteiger partial charge in [-0.05, 0) is 54.7 Å². The first-order valence-corrected chi connectivity index (χ1v) is 8.83. The third-order valence-corrected chi connectivity index (χ3v) is 4.16. The van der Waals surface area contributed by atoms with Crippen LogP contribution < -0.4 is 14.8 Å². The van der Waals surface area contributed by atoms with E-state index in [1.54, 1.807) is 20.3 Å². The molecule has 2 aromatic carbocycles. The monoisotopic (exact) mass is 371 g/mol. The molecular formula is C21H25NO5. The van der Waals surface area contributed by atoms with E-state index in [9.17, 15) is 9.59 Å². The van der Waals surface area contributed by atoms with Gasteiger partial charge < -0.3 is 19.9 Å². The van der Waals surface area contributed by atoms with Crippen LogP contribution in [0.4, 0.5) is 5.69 Å². The van der Waals surface area contributed by atoms with Crippen molar-refractivity contribution < 1.29 is 24.2 Å². The maximum atomic E-state index is 11.7. The van der Waals surface area contributed by atoms with Gasteiger partial charge in [-0.25, -0.2) is 0 Å². The summed E-state index contributed by atoms with van der Waals surface area (Å²) in [6, 6.07) is 13.5. The third kappa shape index (κ3) is 6.66. The number of aryl methyl sites for hydroxylation is 2. The Balaban J connectivity index is 1.87. The first-order chi connectivity index (χ1) is 13.0. The van der Waals surface area contributed by atoms with Crippen LogP contribution in [-0.4, -0.2) is 31.2 Å². The van der Waals surface area contributed by atoms with Gasteiger partial charge in [0.05, 0.1) is 20.6 Å². The van der Waals surface area contributed by atoms with Gasteiger partial charge in [0, 0.05) is 12.1 Å². The Hall–Kier alpha value is -3.02. The summed E-state index contributed by atoms with van der Waals surface area (Å²) in [4.78, 5) is 22.3. The Morgan fingerprint density at radius 1 is 0.926 bits per heavy atom. The predicted molar refractivity (Wildman–Crippen MR) is 104 cm³/mol. The van der Waals surface area contributed by atoms with Crippen LogP contribution in [0.15, 0.2) is 42.5 Å². The molecule has 0 atom stereocenters. The highest BCUT2D eigenvalue weighted by Gasteiger charge is 2.07. The number of benzene rings is 2. The fraction of sp³-hybridized carbons (Fsp3) is 0.333. The average molecular weight is 371 g/mol. The van der Waals surface area contributed by atoms with Crippen LogP contribution in [0.3, 0.4) is 0 Å². The van der Waals surface area contributed by atoms with Crippen LogP contribution in [0, 0.1) is 0 Å². The molecule has 0 saturated heterocycles. The molecule has 0 saturated carbocycles. The summed E-state index contributed by atoms with van der Waals surface area (Å²) in [5.41, 5.74) is 2.98. The van der Waals surface area contributed by atoms with Crippen molar-refractivity contribution in [3.8, 4) is 11.5 Å². The molecule has 2 aromatic rings. The summed E-state index contributed by atoms with van der Waals surface area (Å²) in [6.07, 6.45) is 2.52. The molecule has 144 valence electrons. The lowest BCUT2D eigenvalue weighted by Crippen LogP contribution is -2.13. The molecule has 27 heavy (non-hydrogen) atoms. The number of aliphatic carboxylic acids is 1. The summed E-state index contributed by atoms with van der Waals surface area (Å²) in [5.74, 6) is 0.169. The average Bonchev–Trinajstić information content (AvgIpc) is 2.66. The lowest BCUT2D eigenvalue weighted by Gasteiger charge is -2.10. The number of carboxylic acid groups (broad SMARTS) is 1. The normalized spacial score (nSPS) is 10.3. The molecule has 0 aliphatic rings. The Bertz CT molecular complexity index is 788. The number of carbonyl (C=O) groups is 2. The summed E-state index contributed by atoms with van der Waals surface area (Å²) < 4.78 is 10.6. The van der Waals surface area contributed by atoms with E-state index in [0.29, 0.717) is 11.4 Å². The van der Waals surface area contributed by atoms with E-state index in [1.165, 1.54) is 5.56 Å². The van der Waals surface area contributed by atoms with Crippen molar-refractivity contribution in [2.75, 3.05) is 19.5 Å². The summed E-state index contributed by atoms with van der Waals surface area (Å²) in [7, 11) is 3.24. The van der Waals surface area contributed by atoms with Gasteiger partial charge in [0.2, 0.25) is 5.91 Å². The van der Waals surface area contributed by atoms with E-state index in [-0.39, 0.29) is 18.7 Å². The minimum absolute atomic E-state index is 0.0289. The molecule has 0 unspecified atom stereocenters. The van der Waals surface area contributed by atoms with Gasteiger partial charge in [0.25, 0.3) is 0 Å². The largest absolute Gasteiger partial charge is 0.493 e. The van der Waals surface area contributed by atoms with Crippen molar-refractivity contribution in [3.63, 3.8) is 0 Å². The second-order valence-electron chi connectivity index (χ2n) is 6.19. The van der Waals surface area contributed by atoms with E-state index in [1.807, 2.05) is 36.4 Å². The Morgan fingerprint density at radius 3 is 2.30 bits per heavy atom. The van der Waals surface area contributed by atoms with Crippen molar-refractivity contribution in [1.29, 1.82) is 0 Å². The van der Waals surface area contributed by atoms with Crippen LogP contribution in [0.25, 0.3) is 0 Å². The number of nitrogens with one attached hydrogen (secondary N) is 1. The van der Waals surface area contributed by atoms with Crippen LogP contribution in [-0.2, 0) is 22.4 Å². The van der Waals surface area contributed by atoms with Gasteiger partial charge in [0.1, 0.15) is 0 Å². The van der Waals surface area contributed by atoms with E-state index in [4.69, 9.17) is 14.6 Å². The van der Waals surface area contributed by atoms with Gasteiger partial charge >= 0.3 is 5.97 Å². The van der Waals surface area contributed by atoms with Crippen molar-refractivity contribution in [2.24, 2.45) is 0 Å². The van der Waals surface area contributed by atoms with Crippen molar-refractivity contribution in [2.45, 2.75) is 32.1 Å². The van der Waals surface area contributed by atoms with Gasteiger partial charge in [0.15, 0.2) is 11.5 Å². The minimum Gasteiger partial charge on any atom is -0.493 e. The number of rotatable bonds is 10. The number of anilines is 1. The molecule has 1 amide bonds. The molecule has 0 aromatic heterocycles. The number of carbonyl (C=O) groups excluding carboxylic acids is 1. The molecule has 0 radical (unpaired) electrons. The number of amides is 1. The quantitative estimate of drug-likeness (QED) is 0.665. The van der Waals surface area contributed by atoms with Gasteiger partial charge in [-0.3, -0.25) is 9.59 Å². The number of ether oxygens (including phenoxy) is 2. The highest BCUT2D eigenvalue weighted by Crippen LogP contribution is 2.28. The molecule has 2 N–H and O–H groups in total. The topological polar surface area (TPSA) is 84.9 Å². The molecule has 0 aliphatic carbocycles. The number of carboxylic acids is 1. The molecule has 0 bridgehead atoms. The Labute approximate surface area is 159 Å². The second kappa shape index (κ2) is 10.2. The molecule has 6 heteroatoms. The maximum absolute atomic E-state index is 11.7. The Kier molecular flexibility index (Phi) is 7.67. The zero-order valence-corrected chi connectivity index (χ0v) is 15.7. The second-order valence-corrected chi connectivity index (χ2v) is 6.19. The highest BCUT2D eigenvalue weighted by atomic mass is 16.5. The van der Waals surface area contributed by atoms with Crippen molar-refractivity contribution in [1.82, 2.24) is 0 Å². The van der Waals surface area contributed by atoms with Crippen LogP contribution >= 0.6 is 0 Å². The fourth-order valence-corrected chi connectivity index (χ4v) is 2.78. The fourth-order valence-electron chi connectivity index (χ4n) is 2.78. The van der Waals surface area contributed by atoms with E-state index in [2.05, 4.69) is 5.32 Å². The molecular weight excluding hydrogens is 346 g/mol. The van der Waals surface area contributed by atoms with Gasteiger partial charge in [-0.2, -0.15) is 0 Å². The minimum atomic E-state index is -0.978. The number of methoxy groups -OCH3 is 2. The van der Waals surface area contributed by atoms with Crippen molar-refractivity contribution >= 4 is 17.6 Å². The predicted octanol–water partition coefficient (Wildman–Crippen LogP) is 3.68. The summed E-state index contributed by atoms with van der Waals surface area (Å²) in [5, 5.41) is 11.4. The number of hydrogen-bond acceptors (Lipinski definition) is 4. The molecule has 0 aliphatic heterocycles. The standard InChI is InChI=1S/C21H25NO5/c1-26-18-10-9-16(14-19(18)27-2)6-3-5-15-7-4-8-17(13-15)22-20(23)11-12-21(24)25/h4,7-10,13-14H,3,5-6,11-12H2,1-2H3,(H,22,23)(H,24,25). The van der Waals surface area contributed by atoms with E-state index < -0.39 is 5.97 Å². The lowest BCUT2D eigenvalue weighted by atomic mass is 10.0. The zero-order valence-electron chi connectivity index (χ0n) is 15.7. The molecule has 0 heterocycles. The van der Waals surface area contributed by atoms with Crippen LogP contribution in [0.1, 0.15) is 30.4 Å². The first kappa shape index (κ1) is 20.3. The molecule has 0 spiro atoms. The summed E-state index contributed by atoms with van der Waals surface area (Å²) >= 11 is 0. The zero-order chi connectivity index (χ0) is 19.6. The van der Waals surface area contributed by atoms with Gasteiger partial charge in [-0.1, -0.05) is 18.2 Å². The van der Waals surface area contributed by atoms with Gasteiger partial charge in [-0.15, -0.1) is 0 Å². The molecule has 0 fully saturated rings. The maximum Gasteiger partial charge on any atom is 0.303 e. The first-order valence-electron chi connectivity index (χ1n) is 8.83. The molecule has 2 rings (SSSR count). The van der Waals surface area contributed by atoms with Crippen LogP contribution in [0.2, 0.25) is 0 Å². The highest BCUT2D eigenvalue weighted by molar-refractivity contribution is 5.92. The SMILES string of the molecule is COc1ccc(CCCc2cccc(NC(=O)CCC(=O)O)c2)cc1OC. The smallest absolute Gasteiger partial charge is 0.303 e.